The Hall–Kier alpha value is -3.46. The fourth-order valence-electron chi connectivity index (χ4n) is 3.67. The van der Waals surface area contributed by atoms with E-state index in [1.165, 1.54) is 10.6 Å². The predicted octanol–water partition coefficient (Wildman–Crippen LogP) is 2.81. The first kappa shape index (κ1) is 23.7. The number of anilines is 1. The number of hydrogen-bond acceptors (Lipinski definition) is 5. The van der Waals surface area contributed by atoms with Crippen LogP contribution in [0.15, 0.2) is 71.7 Å². The number of benzene rings is 2. The Bertz CT molecular complexity index is 1220. The van der Waals surface area contributed by atoms with Crippen LogP contribution >= 0.6 is 11.6 Å². The minimum atomic E-state index is -0.417. The second-order valence-corrected chi connectivity index (χ2v) is 8.19. The molecule has 2 amide bonds. The highest BCUT2D eigenvalue weighted by atomic mass is 35.5. The molecular weight excluding hydrogens is 456 g/mol. The number of pyridine rings is 1. The van der Waals surface area contributed by atoms with E-state index in [2.05, 4.69) is 15.5 Å². The van der Waals surface area contributed by atoms with Crippen molar-refractivity contribution in [2.24, 2.45) is 0 Å². The molecule has 9 heteroatoms. The van der Waals surface area contributed by atoms with Crippen molar-refractivity contribution in [3.8, 4) is 5.69 Å². The summed E-state index contributed by atoms with van der Waals surface area (Å²) < 4.78 is 6.72. The van der Waals surface area contributed by atoms with E-state index in [-0.39, 0.29) is 11.5 Å². The molecule has 0 unspecified atom stereocenters. The molecule has 4 rings (SSSR count). The van der Waals surface area contributed by atoms with E-state index in [0.29, 0.717) is 48.3 Å². The molecule has 0 aliphatic carbocycles. The summed E-state index contributed by atoms with van der Waals surface area (Å²) >= 11 is 6.08. The van der Waals surface area contributed by atoms with Crippen LogP contribution in [0, 0.1) is 0 Å². The van der Waals surface area contributed by atoms with Gasteiger partial charge >= 0.3 is 0 Å². The van der Waals surface area contributed by atoms with Gasteiger partial charge in [-0.15, -0.1) is 0 Å². The van der Waals surface area contributed by atoms with Gasteiger partial charge in [-0.1, -0.05) is 23.7 Å². The molecule has 1 saturated heterocycles. The highest BCUT2D eigenvalue weighted by Crippen LogP contribution is 2.18. The van der Waals surface area contributed by atoms with Gasteiger partial charge < -0.3 is 15.4 Å². The fraction of sp³-hybridized carbons (Fsp3) is 0.240. The lowest BCUT2D eigenvalue weighted by Gasteiger charge is -2.26. The molecule has 2 N–H and O–H groups in total. The van der Waals surface area contributed by atoms with Crippen LogP contribution < -0.4 is 16.2 Å². The third kappa shape index (κ3) is 5.72. The highest BCUT2D eigenvalue weighted by molar-refractivity contribution is 6.34. The molecule has 1 aromatic heterocycles. The number of amides is 2. The normalized spacial score (nSPS) is 13.9. The smallest absolute Gasteiger partial charge is 0.267 e. The van der Waals surface area contributed by atoms with Crippen molar-refractivity contribution >= 4 is 29.1 Å². The average molecular weight is 481 g/mol. The summed E-state index contributed by atoms with van der Waals surface area (Å²) in [6.45, 7) is 4.22. The molecule has 3 aromatic rings. The first-order valence-corrected chi connectivity index (χ1v) is 11.4. The standard InChI is InChI=1S/C25H25ClN4O4/c26-22-6-2-1-4-20(22)24(32)28-18-7-9-19(10-8-18)30-12-3-5-21(25(30)33)23(31)27-11-13-29-14-16-34-17-15-29/h1-10,12H,11,13-17H2,(H,27,31)(H,28,32). The Morgan fingerprint density at radius 3 is 2.35 bits per heavy atom. The molecular formula is C25H25ClN4O4. The van der Waals surface area contributed by atoms with Crippen LogP contribution in [0.3, 0.4) is 0 Å². The van der Waals surface area contributed by atoms with Crippen molar-refractivity contribution in [2.75, 3.05) is 44.7 Å². The number of carbonyl (C=O) groups excluding carboxylic acids is 2. The fourth-order valence-corrected chi connectivity index (χ4v) is 3.89. The Morgan fingerprint density at radius 2 is 1.62 bits per heavy atom. The zero-order valence-electron chi connectivity index (χ0n) is 18.5. The van der Waals surface area contributed by atoms with Crippen LogP contribution in [0.5, 0.6) is 0 Å². The van der Waals surface area contributed by atoms with E-state index in [1.807, 2.05) is 0 Å². The van der Waals surface area contributed by atoms with Crippen molar-refractivity contribution in [3.63, 3.8) is 0 Å². The molecule has 34 heavy (non-hydrogen) atoms. The maximum absolute atomic E-state index is 13.0. The zero-order valence-corrected chi connectivity index (χ0v) is 19.3. The SMILES string of the molecule is O=C(Nc1ccc(-n2cccc(C(=O)NCCN3CCOCC3)c2=O)cc1)c1ccccc1Cl. The average Bonchev–Trinajstić information content (AvgIpc) is 2.85. The van der Waals surface area contributed by atoms with Crippen molar-refractivity contribution in [1.29, 1.82) is 0 Å². The highest BCUT2D eigenvalue weighted by Gasteiger charge is 2.15. The van der Waals surface area contributed by atoms with E-state index >= 15 is 0 Å². The topological polar surface area (TPSA) is 92.7 Å². The minimum absolute atomic E-state index is 0.0700. The zero-order chi connectivity index (χ0) is 23.9. The van der Waals surface area contributed by atoms with E-state index in [0.717, 1.165) is 13.1 Å². The van der Waals surface area contributed by atoms with Gasteiger partial charge in [0, 0.05) is 43.8 Å². The molecule has 1 aliphatic rings. The number of morpholine rings is 1. The van der Waals surface area contributed by atoms with E-state index in [9.17, 15) is 14.4 Å². The quantitative estimate of drug-likeness (QED) is 0.542. The van der Waals surface area contributed by atoms with Gasteiger partial charge in [0.05, 0.1) is 23.8 Å². The number of nitrogens with one attached hydrogen (secondary N) is 2. The van der Waals surface area contributed by atoms with Crippen molar-refractivity contribution in [2.45, 2.75) is 0 Å². The van der Waals surface area contributed by atoms with Crippen molar-refractivity contribution < 1.29 is 14.3 Å². The molecule has 8 nitrogen and oxygen atoms in total. The lowest BCUT2D eigenvalue weighted by molar-refractivity contribution is 0.0383. The van der Waals surface area contributed by atoms with Crippen LogP contribution in [0.2, 0.25) is 5.02 Å². The van der Waals surface area contributed by atoms with Gasteiger partial charge in [0.25, 0.3) is 17.4 Å². The van der Waals surface area contributed by atoms with Gasteiger partial charge in [0.2, 0.25) is 0 Å². The molecule has 2 aromatic carbocycles. The third-order valence-corrected chi connectivity index (χ3v) is 5.86. The largest absolute Gasteiger partial charge is 0.379 e. The first-order chi connectivity index (χ1) is 16.5. The molecule has 0 radical (unpaired) electrons. The van der Waals surface area contributed by atoms with Gasteiger partial charge in [-0.25, -0.2) is 0 Å². The van der Waals surface area contributed by atoms with Gasteiger partial charge in [0.15, 0.2) is 0 Å². The summed E-state index contributed by atoms with van der Waals surface area (Å²) in [7, 11) is 0. The summed E-state index contributed by atoms with van der Waals surface area (Å²) in [5.41, 5.74) is 1.15. The maximum atomic E-state index is 13.0. The number of ether oxygens (including phenoxy) is 1. The number of halogens is 1. The molecule has 176 valence electrons. The second kappa shape index (κ2) is 11.1. The minimum Gasteiger partial charge on any atom is -0.379 e. The van der Waals surface area contributed by atoms with Crippen LogP contribution in [0.25, 0.3) is 5.69 Å². The van der Waals surface area contributed by atoms with Crippen LogP contribution in [-0.2, 0) is 4.74 Å². The van der Waals surface area contributed by atoms with Crippen LogP contribution in [-0.4, -0.2) is 60.7 Å². The lowest BCUT2D eigenvalue weighted by Crippen LogP contribution is -2.42. The lowest BCUT2D eigenvalue weighted by atomic mass is 10.2. The molecule has 0 saturated carbocycles. The number of nitrogens with zero attached hydrogens (tertiary/aromatic N) is 2. The van der Waals surface area contributed by atoms with Gasteiger partial charge in [-0.2, -0.15) is 0 Å². The third-order valence-electron chi connectivity index (χ3n) is 5.53. The van der Waals surface area contributed by atoms with Gasteiger partial charge in [-0.05, 0) is 48.5 Å². The Kier molecular flexibility index (Phi) is 7.74. The summed E-state index contributed by atoms with van der Waals surface area (Å²) in [5, 5.41) is 5.97. The van der Waals surface area contributed by atoms with E-state index < -0.39 is 11.5 Å². The summed E-state index contributed by atoms with van der Waals surface area (Å²) in [6, 6.07) is 16.7. The first-order valence-electron chi connectivity index (χ1n) is 11.0. The molecule has 1 aliphatic heterocycles. The van der Waals surface area contributed by atoms with Gasteiger partial charge in [0.1, 0.15) is 5.56 Å². The summed E-state index contributed by atoms with van der Waals surface area (Å²) in [6.07, 6.45) is 1.60. The van der Waals surface area contributed by atoms with Crippen LogP contribution in [0.1, 0.15) is 20.7 Å². The van der Waals surface area contributed by atoms with Crippen molar-refractivity contribution in [3.05, 3.63) is 93.4 Å². The summed E-state index contributed by atoms with van der Waals surface area (Å²) in [5.74, 6) is -0.734. The molecule has 0 atom stereocenters. The van der Waals surface area contributed by atoms with Gasteiger partial charge in [-0.3, -0.25) is 23.9 Å². The number of carbonyl (C=O) groups is 2. The maximum Gasteiger partial charge on any atom is 0.267 e. The Labute approximate surface area is 202 Å². The van der Waals surface area contributed by atoms with E-state index in [1.54, 1.807) is 60.8 Å². The number of hydrogen-bond donors (Lipinski definition) is 2. The molecule has 0 bridgehead atoms. The molecule has 0 spiro atoms. The monoisotopic (exact) mass is 480 g/mol. The number of rotatable bonds is 7. The van der Waals surface area contributed by atoms with E-state index in [4.69, 9.17) is 16.3 Å². The Balaban J connectivity index is 1.41. The van der Waals surface area contributed by atoms with Crippen LogP contribution in [0.4, 0.5) is 5.69 Å². The second-order valence-electron chi connectivity index (χ2n) is 7.79. The van der Waals surface area contributed by atoms with Crippen molar-refractivity contribution in [1.82, 2.24) is 14.8 Å². The number of aromatic nitrogens is 1. The Morgan fingerprint density at radius 1 is 0.912 bits per heavy atom. The summed E-state index contributed by atoms with van der Waals surface area (Å²) in [4.78, 5) is 40.2. The molecule has 2 heterocycles. The molecule has 1 fully saturated rings. The predicted molar refractivity (Wildman–Crippen MR) is 131 cm³/mol.